The number of halogens is 2. The second-order valence-electron chi connectivity index (χ2n) is 0.447. The van der Waals surface area contributed by atoms with Crippen molar-refractivity contribution in [3.63, 3.8) is 0 Å². The maximum Gasteiger partial charge on any atom is 2.00 e. The molecule has 0 heterocycles. The van der Waals surface area contributed by atoms with Crippen molar-refractivity contribution in [2.24, 2.45) is 0 Å². The third-order valence-electron chi connectivity index (χ3n) is 0. The maximum atomic E-state index is 7.32. The molecule has 0 rings (SSSR count). The molecule has 5 heteroatoms. The summed E-state index contributed by atoms with van der Waals surface area (Å²) >= 11 is 0. The first-order valence-electron chi connectivity index (χ1n) is 1.45. The summed E-state index contributed by atoms with van der Waals surface area (Å²) in [6.07, 6.45) is 0. The summed E-state index contributed by atoms with van der Waals surface area (Å²) in [6, 6.07) is 3.50. The van der Waals surface area contributed by atoms with Gasteiger partial charge in [-0.1, -0.05) is 0 Å². The van der Waals surface area contributed by atoms with Crippen LogP contribution in [0.15, 0.2) is 0 Å². The first-order chi connectivity index (χ1) is 2.83. The quantitative estimate of drug-likeness (QED) is 0.377. The minimum absolute atomic E-state index is 0. The molecule has 0 saturated heterocycles. The van der Waals surface area contributed by atoms with Crippen LogP contribution in [-0.2, 0) is 16.5 Å². The first-order valence-corrected chi connectivity index (χ1v) is 1.45. The van der Waals surface area contributed by atoms with Crippen molar-refractivity contribution in [2.75, 3.05) is 0 Å². The van der Waals surface area contributed by atoms with Gasteiger partial charge in [-0.2, -0.15) is 10.5 Å². The van der Waals surface area contributed by atoms with E-state index in [1.165, 1.54) is 13.8 Å². The summed E-state index contributed by atoms with van der Waals surface area (Å²) < 4.78 is 0. The van der Waals surface area contributed by atoms with Crippen LogP contribution >= 0.6 is 0 Å². The molecule has 0 aromatic rings. The van der Waals surface area contributed by atoms with Crippen LogP contribution in [0, 0.1) is 22.7 Å². The summed E-state index contributed by atoms with van der Waals surface area (Å²) in [4.78, 5) is 0. The Kier molecular flexibility index (Phi) is 377. The number of hydrogen-bond donors (Lipinski definition) is 0. The van der Waals surface area contributed by atoms with E-state index in [9.17, 15) is 0 Å². The number of nitrogens with zero attached hydrogens (tertiary/aromatic N) is 2. The predicted molar refractivity (Wildman–Crippen MR) is 22.6 cm³/mol. The average Bonchev–Trinajstić information content (AvgIpc) is 1.39. The minimum atomic E-state index is 0. The molecule has 0 unspecified atom stereocenters. The van der Waals surface area contributed by atoms with Crippen molar-refractivity contribution >= 4 is 0 Å². The molecule has 0 bridgehead atoms. The third-order valence-corrected chi connectivity index (χ3v) is 0. The van der Waals surface area contributed by atoms with E-state index in [0.717, 1.165) is 0 Å². The van der Waals surface area contributed by atoms with E-state index < -0.39 is 0 Å². The van der Waals surface area contributed by atoms with Crippen molar-refractivity contribution in [3.8, 4) is 12.1 Å². The van der Waals surface area contributed by atoms with Gasteiger partial charge in [-0.25, -0.2) is 0 Å². The fourth-order valence-electron chi connectivity index (χ4n) is 0. The van der Waals surface area contributed by atoms with E-state index in [1.807, 2.05) is 0 Å². The van der Waals surface area contributed by atoms with Crippen LogP contribution in [0.4, 0.5) is 0 Å². The van der Waals surface area contributed by atoms with Crippen molar-refractivity contribution < 1.29 is 41.3 Å². The number of hydrogen-bond acceptors (Lipinski definition) is 2. The molecule has 9 heavy (non-hydrogen) atoms. The summed E-state index contributed by atoms with van der Waals surface area (Å²) in [6.45, 7) is 2.86. The van der Waals surface area contributed by atoms with Crippen LogP contribution < -0.4 is 24.8 Å². The van der Waals surface area contributed by atoms with Gasteiger partial charge >= 0.3 is 16.5 Å². The Labute approximate surface area is 78.0 Å². The van der Waals surface area contributed by atoms with Crippen LogP contribution in [-0.4, -0.2) is 0 Å². The van der Waals surface area contributed by atoms with Gasteiger partial charge in [0.05, 0.1) is 12.1 Å². The molecule has 0 aromatic carbocycles. The molecule has 56 valence electrons. The standard InChI is InChI=1S/2C2H3N.2ClH.Ni/c2*1-2-3;;;/h2*1H3;2*1H;/q;;;;+2/p-2. The van der Waals surface area contributed by atoms with Gasteiger partial charge in [-0.05, 0) is 0 Å². The van der Waals surface area contributed by atoms with E-state index in [-0.39, 0.29) is 41.3 Å². The fraction of sp³-hybridized carbons (Fsp3) is 0.500. The topological polar surface area (TPSA) is 47.6 Å². The van der Waals surface area contributed by atoms with E-state index in [4.69, 9.17) is 10.5 Å². The Balaban J connectivity index is -0.00000000889. The summed E-state index contributed by atoms with van der Waals surface area (Å²) in [5, 5.41) is 14.6. The van der Waals surface area contributed by atoms with Crippen LogP contribution in [0.3, 0.4) is 0 Å². The molecule has 0 aliphatic heterocycles. The van der Waals surface area contributed by atoms with Gasteiger partial charge in [0.15, 0.2) is 0 Å². The zero-order valence-corrected chi connectivity index (χ0v) is 7.47. The molecule has 0 fully saturated rings. The zero-order chi connectivity index (χ0) is 5.41. The minimum Gasteiger partial charge on any atom is -1.00 e. The molecule has 0 aromatic heterocycles. The molecule has 0 atom stereocenters. The molecule has 0 radical (unpaired) electrons. The number of nitriles is 2. The maximum absolute atomic E-state index is 7.32. The summed E-state index contributed by atoms with van der Waals surface area (Å²) in [5.74, 6) is 0. The van der Waals surface area contributed by atoms with Crippen LogP contribution in [0.5, 0.6) is 0 Å². The Bertz CT molecular complexity index is 71.5. The molecule has 0 aliphatic carbocycles. The molecular formula is C4H6Cl2N2Ni. The first kappa shape index (κ1) is 35.7. The van der Waals surface area contributed by atoms with Crippen molar-refractivity contribution in [3.05, 3.63) is 0 Å². The normalized spacial score (nSPS) is 1.78. The largest absolute Gasteiger partial charge is 2.00 e. The average molecular weight is 212 g/mol. The number of rotatable bonds is 0. The SMILES string of the molecule is CC#N.CC#N.[Cl-].[Cl-].[Ni+2]. The summed E-state index contributed by atoms with van der Waals surface area (Å²) in [7, 11) is 0. The molecule has 2 nitrogen and oxygen atoms in total. The second kappa shape index (κ2) is 95.0. The van der Waals surface area contributed by atoms with Gasteiger partial charge in [0.1, 0.15) is 0 Å². The Morgan fingerprint density at radius 1 is 0.889 bits per heavy atom. The van der Waals surface area contributed by atoms with E-state index in [2.05, 4.69) is 0 Å². The molecular weight excluding hydrogens is 206 g/mol. The Morgan fingerprint density at radius 3 is 0.889 bits per heavy atom. The monoisotopic (exact) mass is 210 g/mol. The van der Waals surface area contributed by atoms with E-state index >= 15 is 0 Å². The molecule has 0 amide bonds. The van der Waals surface area contributed by atoms with Gasteiger partial charge in [-0.3, -0.25) is 0 Å². The third kappa shape index (κ3) is 103000. The van der Waals surface area contributed by atoms with Crippen LogP contribution in [0.25, 0.3) is 0 Å². The fourth-order valence-corrected chi connectivity index (χ4v) is 0. The van der Waals surface area contributed by atoms with Crippen LogP contribution in [0.2, 0.25) is 0 Å². The van der Waals surface area contributed by atoms with Crippen LogP contribution in [0.1, 0.15) is 13.8 Å². The van der Waals surface area contributed by atoms with Gasteiger partial charge in [0, 0.05) is 13.8 Å². The van der Waals surface area contributed by atoms with Gasteiger partial charge < -0.3 is 24.8 Å². The van der Waals surface area contributed by atoms with Gasteiger partial charge in [0.25, 0.3) is 0 Å². The molecule has 0 spiro atoms. The van der Waals surface area contributed by atoms with E-state index in [0.29, 0.717) is 0 Å². The predicted octanol–water partition coefficient (Wildman–Crippen LogP) is -4.93. The molecule has 0 saturated carbocycles. The summed E-state index contributed by atoms with van der Waals surface area (Å²) in [5.41, 5.74) is 0. The van der Waals surface area contributed by atoms with Gasteiger partial charge in [0.2, 0.25) is 0 Å². The zero-order valence-electron chi connectivity index (χ0n) is 4.97. The Morgan fingerprint density at radius 2 is 0.889 bits per heavy atom. The molecule has 0 aliphatic rings. The second-order valence-corrected chi connectivity index (χ2v) is 0.447. The van der Waals surface area contributed by atoms with Gasteiger partial charge in [-0.15, -0.1) is 0 Å². The smallest absolute Gasteiger partial charge is 1.00 e. The van der Waals surface area contributed by atoms with Crippen molar-refractivity contribution in [2.45, 2.75) is 13.8 Å². The van der Waals surface area contributed by atoms with Crippen molar-refractivity contribution in [1.82, 2.24) is 0 Å². The molecule has 0 N–H and O–H groups in total. The Hall–Kier alpha value is 0.0535. The van der Waals surface area contributed by atoms with Crippen molar-refractivity contribution in [1.29, 1.82) is 10.5 Å². The van der Waals surface area contributed by atoms with E-state index in [1.54, 1.807) is 12.1 Å².